The van der Waals surface area contributed by atoms with Crippen LogP contribution in [0, 0.1) is 6.92 Å². The molecule has 144 valence electrons. The van der Waals surface area contributed by atoms with Gasteiger partial charge < -0.3 is 24.4 Å². The fourth-order valence-electron chi connectivity index (χ4n) is 3.50. The first kappa shape index (κ1) is 18.3. The number of hydrogen-bond acceptors (Lipinski definition) is 7. The van der Waals surface area contributed by atoms with E-state index in [2.05, 4.69) is 20.2 Å². The molecular formula is C19H23ClN4O3. The predicted octanol–water partition coefficient (Wildman–Crippen LogP) is 3.53. The summed E-state index contributed by atoms with van der Waals surface area (Å²) in [6.45, 7) is 4.98. The normalized spacial score (nSPS) is 18.7. The SMILES string of the molecule is COc1cc(Cl)c(C)cc1Nc1nccc(N2CCC3(CC2)OCCO3)n1. The molecule has 0 amide bonds. The maximum atomic E-state index is 6.18. The lowest BCUT2D eigenvalue weighted by Crippen LogP contribution is -2.45. The Morgan fingerprint density at radius 1 is 1.22 bits per heavy atom. The number of anilines is 3. The van der Waals surface area contributed by atoms with Crippen LogP contribution in [0.15, 0.2) is 24.4 Å². The van der Waals surface area contributed by atoms with Crippen LogP contribution in [0.2, 0.25) is 5.02 Å². The third-order valence-electron chi connectivity index (χ3n) is 5.03. The monoisotopic (exact) mass is 390 g/mol. The van der Waals surface area contributed by atoms with Crippen molar-refractivity contribution < 1.29 is 14.2 Å². The lowest BCUT2D eigenvalue weighted by atomic mass is 10.0. The van der Waals surface area contributed by atoms with Gasteiger partial charge in [-0.2, -0.15) is 4.98 Å². The minimum Gasteiger partial charge on any atom is -0.495 e. The van der Waals surface area contributed by atoms with Gasteiger partial charge >= 0.3 is 0 Å². The summed E-state index contributed by atoms with van der Waals surface area (Å²) >= 11 is 6.18. The number of aryl methyl sites for hydroxylation is 1. The number of hydrogen-bond donors (Lipinski definition) is 1. The second-order valence-corrected chi connectivity index (χ2v) is 7.17. The molecule has 2 aliphatic heterocycles. The minimum absolute atomic E-state index is 0.390. The van der Waals surface area contributed by atoms with E-state index in [-0.39, 0.29) is 0 Å². The van der Waals surface area contributed by atoms with Crippen molar-refractivity contribution in [3.05, 3.63) is 35.0 Å². The van der Waals surface area contributed by atoms with Gasteiger partial charge in [-0.25, -0.2) is 4.98 Å². The molecule has 1 N–H and O–H groups in total. The van der Waals surface area contributed by atoms with E-state index in [0.717, 1.165) is 43.0 Å². The zero-order chi connectivity index (χ0) is 18.9. The molecule has 0 atom stereocenters. The molecule has 8 heteroatoms. The molecule has 27 heavy (non-hydrogen) atoms. The van der Waals surface area contributed by atoms with Gasteiger partial charge in [0.1, 0.15) is 11.6 Å². The second-order valence-electron chi connectivity index (χ2n) is 6.76. The molecule has 0 unspecified atom stereocenters. The average Bonchev–Trinajstić information content (AvgIpc) is 3.13. The molecule has 0 radical (unpaired) electrons. The third-order valence-corrected chi connectivity index (χ3v) is 5.44. The van der Waals surface area contributed by atoms with Gasteiger partial charge in [0.05, 0.1) is 26.0 Å². The molecule has 1 spiro atoms. The van der Waals surface area contributed by atoms with Crippen LogP contribution < -0.4 is 15.0 Å². The summed E-state index contributed by atoms with van der Waals surface area (Å²) in [5.74, 6) is 1.65. The molecule has 1 aromatic carbocycles. The molecule has 7 nitrogen and oxygen atoms in total. The number of halogens is 1. The largest absolute Gasteiger partial charge is 0.495 e. The molecular weight excluding hydrogens is 368 g/mol. The minimum atomic E-state index is -0.390. The topological polar surface area (TPSA) is 68.7 Å². The average molecular weight is 391 g/mol. The lowest BCUT2D eigenvalue weighted by Gasteiger charge is -2.38. The molecule has 2 saturated heterocycles. The summed E-state index contributed by atoms with van der Waals surface area (Å²) in [7, 11) is 1.61. The number of rotatable bonds is 4. The number of benzene rings is 1. The van der Waals surface area contributed by atoms with Crippen LogP contribution in [0.25, 0.3) is 0 Å². The van der Waals surface area contributed by atoms with Gasteiger partial charge in [0, 0.05) is 43.2 Å². The van der Waals surface area contributed by atoms with E-state index in [0.29, 0.717) is 29.9 Å². The van der Waals surface area contributed by atoms with Crippen molar-refractivity contribution in [1.82, 2.24) is 9.97 Å². The van der Waals surface area contributed by atoms with Gasteiger partial charge in [-0.3, -0.25) is 0 Å². The summed E-state index contributed by atoms with van der Waals surface area (Å²) in [4.78, 5) is 11.2. The van der Waals surface area contributed by atoms with E-state index < -0.39 is 5.79 Å². The molecule has 0 bridgehead atoms. The van der Waals surface area contributed by atoms with Gasteiger partial charge in [0.25, 0.3) is 0 Å². The summed E-state index contributed by atoms with van der Waals surface area (Å²) in [5.41, 5.74) is 1.73. The Balaban J connectivity index is 1.49. The number of nitrogens with zero attached hydrogens (tertiary/aromatic N) is 3. The van der Waals surface area contributed by atoms with E-state index >= 15 is 0 Å². The predicted molar refractivity (Wildman–Crippen MR) is 104 cm³/mol. The molecule has 1 aromatic heterocycles. The Labute approximate surface area is 163 Å². The third kappa shape index (κ3) is 3.81. The molecule has 3 heterocycles. The molecule has 0 saturated carbocycles. The standard InChI is InChI=1S/C19H23ClN4O3/c1-13-11-15(16(25-2)12-14(13)20)22-18-21-6-3-17(23-18)24-7-4-19(5-8-24)26-9-10-27-19/h3,6,11-12H,4-5,7-10H2,1-2H3,(H,21,22,23). The van der Waals surface area contributed by atoms with Crippen LogP contribution in [0.1, 0.15) is 18.4 Å². The molecule has 2 aliphatic rings. The Kier molecular flexibility index (Phi) is 5.08. The Bertz CT molecular complexity index is 817. The van der Waals surface area contributed by atoms with E-state index in [1.807, 2.05) is 19.1 Å². The number of piperidine rings is 1. The summed E-state index contributed by atoms with van der Waals surface area (Å²) in [5, 5.41) is 3.90. The van der Waals surface area contributed by atoms with E-state index in [1.54, 1.807) is 19.4 Å². The summed E-state index contributed by atoms with van der Waals surface area (Å²) < 4.78 is 17.0. The van der Waals surface area contributed by atoms with Gasteiger partial charge in [-0.1, -0.05) is 11.6 Å². The number of ether oxygens (including phenoxy) is 3. The Morgan fingerprint density at radius 3 is 2.67 bits per heavy atom. The first-order valence-electron chi connectivity index (χ1n) is 9.06. The fraction of sp³-hybridized carbons (Fsp3) is 0.474. The van der Waals surface area contributed by atoms with Crippen molar-refractivity contribution in [2.24, 2.45) is 0 Å². The first-order valence-corrected chi connectivity index (χ1v) is 9.43. The van der Waals surface area contributed by atoms with Crippen molar-refractivity contribution in [3.63, 3.8) is 0 Å². The highest BCUT2D eigenvalue weighted by Gasteiger charge is 2.40. The summed E-state index contributed by atoms with van der Waals surface area (Å²) in [6, 6.07) is 5.63. The first-order chi connectivity index (χ1) is 13.1. The van der Waals surface area contributed by atoms with E-state index in [9.17, 15) is 0 Å². The number of nitrogens with one attached hydrogen (secondary N) is 1. The van der Waals surface area contributed by atoms with E-state index in [1.165, 1.54) is 0 Å². The number of aromatic nitrogens is 2. The van der Waals surface area contributed by atoms with Crippen molar-refractivity contribution in [2.75, 3.05) is 43.6 Å². The van der Waals surface area contributed by atoms with Crippen LogP contribution in [0.4, 0.5) is 17.5 Å². The highest BCUT2D eigenvalue weighted by molar-refractivity contribution is 6.31. The maximum Gasteiger partial charge on any atom is 0.229 e. The second kappa shape index (κ2) is 7.50. The Hall–Kier alpha value is -2.09. The highest BCUT2D eigenvalue weighted by atomic mass is 35.5. The number of methoxy groups -OCH3 is 1. The van der Waals surface area contributed by atoms with Crippen LogP contribution >= 0.6 is 11.6 Å². The fourth-order valence-corrected chi connectivity index (χ4v) is 3.65. The molecule has 4 rings (SSSR count). The highest BCUT2D eigenvalue weighted by Crippen LogP contribution is 2.34. The van der Waals surface area contributed by atoms with Crippen LogP contribution in [0.5, 0.6) is 5.75 Å². The maximum absolute atomic E-state index is 6.18. The van der Waals surface area contributed by atoms with Crippen molar-refractivity contribution in [1.29, 1.82) is 0 Å². The quantitative estimate of drug-likeness (QED) is 0.856. The van der Waals surface area contributed by atoms with E-state index in [4.69, 9.17) is 25.8 Å². The molecule has 2 fully saturated rings. The van der Waals surface area contributed by atoms with Crippen molar-refractivity contribution in [3.8, 4) is 5.75 Å². The van der Waals surface area contributed by atoms with Gasteiger partial charge in [0.15, 0.2) is 5.79 Å². The van der Waals surface area contributed by atoms with Crippen molar-refractivity contribution >= 4 is 29.1 Å². The zero-order valence-electron chi connectivity index (χ0n) is 15.5. The van der Waals surface area contributed by atoms with Crippen LogP contribution in [-0.2, 0) is 9.47 Å². The van der Waals surface area contributed by atoms with Crippen LogP contribution in [-0.4, -0.2) is 49.2 Å². The van der Waals surface area contributed by atoms with Crippen LogP contribution in [0.3, 0.4) is 0 Å². The molecule has 0 aliphatic carbocycles. The van der Waals surface area contributed by atoms with Gasteiger partial charge in [-0.15, -0.1) is 0 Å². The smallest absolute Gasteiger partial charge is 0.229 e. The van der Waals surface area contributed by atoms with Gasteiger partial charge in [-0.05, 0) is 24.6 Å². The zero-order valence-corrected chi connectivity index (χ0v) is 16.3. The van der Waals surface area contributed by atoms with Crippen molar-refractivity contribution in [2.45, 2.75) is 25.6 Å². The lowest BCUT2D eigenvalue weighted by molar-refractivity contribution is -0.169. The Morgan fingerprint density at radius 2 is 1.96 bits per heavy atom. The summed E-state index contributed by atoms with van der Waals surface area (Å²) in [6.07, 6.45) is 3.43. The van der Waals surface area contributed by atoms with Gasteiger partial charge in [0.2, 0.25) is 5.95 Å². The molecule has 2 aromatic rings.